The van der Waals surface area contributed by atoms with Gasteiger partial charge in [-0.25, -0.2) is 13.1 Å². The number of benzene rings is 1. The van der Waals surface area contributed by atoms with Crippen molar-refractivity contribution in [3.05, 3.63) is 29.8 Å². The van der Waals surface area contributed by atoms with Crippen LogP contribution in [0, 0.1) is 0 Å². The van der Waals surface area contributed by atoms with E-state index < -0.39 is 15.6 Å². The summed E-state index contributed by atoms with van der Waals surface area (Å²) in [6.07, 6.45) is 6.19. The molecule has 1 aromatic rings. The second-order valence-electron chi connectivity index (χ2n) is 8.52. The molecular formula is C20H33IN4O2S. The van der Waals surface area contributed by atoms with Gasteiger partial charge in [0.1, 0.15) is 0 Å². The van der Waals surface area contributed by atoms with Gasteiger partial charge in [0.25, 0.3) is 0 Å². The maximum atomic E-state index is 11.6. The van der Waals surface area contributed by atoms with Gasteiger partial charge in [-0.1, -0.05) is 31.0 Å². The summed E-state index contributed by atoms with van der Waals surface area (Å²) in [4.78, 5) is 7.10. The standard InChI is InChI=1S/C20H32N4O2S.HI/c1-5-21-18(22-14-19(2,3)23-27(4,25)26)24-15-20(12-8-9-13-20)16-10-6-7-11-17(16)24;/h6-7,10-11,23H,5,8-9,12-15H2,1-4H3,(H,21,22);1H. The van der Waals surface area contributed by atoms with Gasteiger partial charge in [-0.15, -0.1) is 24.0 Å². The Balaban J connectivity index is 0.00000280. The molecule has 1 aliphatic carbocycles. The van der Waals surface area contributed by atoms with Crippen LogP contribution in [0.4, 0.5) is 5.69 Å². The molecule has 0 amide bonds. The summed E-state index contributed by atoms with van der Waals surface area (Å²) < 4.78 is 25.9. The van der Waals surface area contributed by atoms with Crippen molar-refractivity contribution in [1.82, 2.24) is 10.0 Å². The van der Waals surface area contributed by atoms with Crippen LogP contribution >= 0.6 is 24.0 Å². The number of sulfonamides is 1. The lowest BCUT2D eigenvalue weighted by Crippen LogP contribution is -2.48. The van der Waals surface area contributed by atoms with E-state index in [9.17, 15) is 8.42 Å². The second kappa shape index (κ2) is 8.87. The molecular weight excluding hydrogens is 487 g/mol. The van der Waals surface area contributed by atoms with Gasteiger partial charge in [-0.2, -0.15) is 0 Å². The number of fused-ring (bicyclic) bond motifs is 2. The number of guanidine groups is 1. The van der Waals surface area contributed by atoms with Gasteiger partial charge in [-0.3, -0.25) is 4.99 Å². The summed E-state index contributed by atoms with van der Waals surface area (Å²) >= 11 is 0. The first-order chi connectivity index (χ1) is 12.7. The first-order valence-electron chi connectivity index (χ1n) is 9.80. The fourth-order valence-corrected chi connectivity index (χ4v) is 5.57. The number of anilines is 1. The average molecular weight is 520 g/mol. The normalized spacial score (nSPS) is 18.9. The number of rotatable bonds is 5. The van der Waals surface area contributed by atoms with E-state index in [1.807, 2.05) is 13.8 Å². The number of hydrogen-bond donors (Lipinski definition) is 2. The maximum absolute atomic E-state index is 11.6. The maximum Gasteiger partial charge on any atom is 0.209 e. The highest BCUT2D eigenvalue weighted by atomic mass is 127. The molecule has 0 aromatic heterocycles. The van der Waals surface area contributed by atoms with Crippen LogP contribution in [-0.2, 0) is 15.4 Å². The third-order valence-electron chi connectivity index (χ3n) is 5.46. The molecule has 0 bridgehead atoms. The highest BCUT2D eigenvalue weighted by Crippen LogP contribution is 2.50. The summed E-state index contributed by atoms with van der Waals surface area (Å²) in [5.41, 5.74) is 2.25. The Morgan fingerprint density at radius 3 is 2.50 bits per heavy atom. The number of halogens is 1. The van der Waals surface area contributed by atoms with Crippen LogP contribution in [0.2, 0.25) is 0 Å². The lowest BCUT2D eigenvalue weighted by molar-refractivity contribution is 0.463. The predicted octanol–water partition coefficient (Wildman–Crippen LogP) is 3.23. The summed E-state index contributed by atoms with van der Waals surface area (Å²) in [6, 6.07) is 8.65. The van der Waals surface area contributed by atoms with E-state index in [1.165, 1.54) is 43.2 Å². The number of aliphatic imine (C=N–C) groups is 1. The lowest BCUT2D eigenvalue weighted by atomic mass is 9.81. The van der Waals surface area contributed by atoms with E-state index in [1.54, 1.807) is 0 Å². The van der Waals surface area contributed by atoms with E-state index in [-0.39, 0.29) is 29.4 Å². The summed E-state index contributed by atoms with van der Waals surface area (Å²) in [7, 11) is -3.28. The van der Waals surface area contributed by atoms with Crippen LogP contribution in [0.5, 0.6) is 0 Å². The zero-order valence-corrected chi connectivity index (χ0v) is 20.4. The minimum absolute atomic E-state index is 0. The molecule has 2 N–H and O–H groups in total. The highest BCUT2D eigenvalue weighted by Gasteiger charge is 2.45. The molecule has 1 aliphatic heterocycles. The Hall–Kier alpha value is -0.870. The van der Waals surface area contributed by atoms with E-state index in [0.29, 0.717) is 6.54 Å². The van der Waals surface area contributed by atoms with Gasteiger partial charge in [0.15, 0.2) is 5.96 Å². The summed E-state index contributed by atoms with van der Waals surface area (Å²) in [6.45, 7) is 7.86. The van der Waals surface area contributed by atoms with Crippen molar-refractivity contribution in [2.24, 2.45) is 4.99 Å². The first-order valence-corrected chi connectivity index (χ1v) is 11.7. The Morgan fingerprint density at radius 1 is 1.25 bits per heavy atom. The Morgan fingerprint density at radius 2 is 1.89 bits per heavy atom. The SMILES string of the molecule is CCNC(=NCC(C)(C)NS(C)(=O)=O)N1CC2(CCCC2)c2ccccc21.I. The molecule has 0 unspecified atom stereocenters. The van der Waals surface area contributed by atoms with Crippen LogP contribution in [0.25, 0.3) is 0 Å². The van der Waals surface area contributed by atoms with Gasteiger partial charge in [-0.05, 0) is 45.2 Å². The van der Waals surface area contributed by atoms with Crippen molar-refractivity contribution < 1.29 is 8.42 Å². The van der Waals surface area contributed by atoms with Gasteiger partial charge in [0, 0.05) is 29.7 Å². The van der Waals surface area contributed by atoms with Crippen molar-refractivity contribution >= 4 is 45.6 Å². The first kappa shape index (κ1) is 23.4. The Kier molecular flexibility index (Phi) is 7.42. The van der Waals surface area contributed by atoms with Crippen LogP contribution in [0.3, 0.4) is 0 Å². The molecule has 2 aliphatic rings. The molecule has 1 aromatic carbocycles. The zero-order valence-electron chi connectivity index (χ0n) is 17.3. The molecule has 8 heteroatoms. The van der Waals surface area contributed by atoms with E-state index >= 15 is 0 Å². The van der Waals surface area contributed by atoms with Crippen molar-refractivity contribution in [2.75, 3.05) is 30.8 Å². The highest BCUT2D eigenvalue weighted by molar-refractivity contribution is 14.0. The van der Waals surface area contributed by atoms with Crippen molar-refractivity contribution in [3.63, 3.8) is 0 Å². The van der Waals surface area contributed by atoms with E-state index in [2.05, 4.69) is 46.1 Å². The average Bonchev–Trinajstić information content (AvgIpc) is 3.16. The van der Waals surface area contributed by atoms with E-state index in [4.69, 9.17) is 4.99 Å². The van der Waals surface area contributed by atoms with Crippen molar-refractivity contribution in [2.45, 2.75) is 57.4 Å². The van der Waals surface area contributed by atoms with E-state index in [0.717, 1.165) is 19.0 Å². The van der Waals surface area contributed by atoms with Crippen LogP contribution in [0.15, 0.2) is 29.3 Å². The molecule has 0 radical (unpaired) electrons. The minimum atomic E-state index is -3.28. The van der Waals surface area contributed by atoms with Gasteiger partial charge in [0.2, 0.25) is 10.0 Å². The molecule has 28 heavy (non-hydrogen) atoms. The molecule has 0 saturated heterocycles. The van der Waals surface area contributed by atoms with Crippen LogP contribution < -0.4 is 14.9 Å². The molecule has 1 saturated carbocycles. The summed E-state index contributed by atoms with van der Waals surface area (Å²) in [5, 5.41) is 3.41. The van der Waals surface area contributed by atoms with Gasteiger partial charge in [0.05, 0.1) is 12.8 Å². The fourth-order valence-electron chi connectivity index (χ4n) is 4.50. The number of nitrogens with zero attached hydrogens (tertiary/aromatic N) is 2. The molecule has 6 nitrogen and oxygen atoms in total. The molecule has 3 rings (SSSR count). The van der Waals surface area contributed by atoms with Crippen LogP contribution in [0.1, 0.15) is 52.0 Å². The number of nitrogens with one attached hydrogen (secondary N) is 2. The molecule has 0 atom stereocenters. The second-order valence-corrected chi connectivity index (χ2v) is 10.3. The zero-order chi connectivity index (χ0) is 19.7. The Bertz CT molecular complexity index is 817. The largest absolute Gasteiger partial charge is 0.356 e. The lowest BCUT2D eigenvalue weighted by Gasteiger charge is -2.28. The monoisotopic (exact) mass is 520 g/mol. The third kappa shape index (κ3) is 5.18. The van der Waals surface area contributed by atoms with Gasteiger partial charge >= 0.3 is 0 Å². The van der Waals surface area contributed by atoms with Gasteiger partial charge < -0.3 is 10.2 Å². The topological polar surface area (TPSA) is 73.8 Å². The number of para-hydroxylation sites is 1. The Labute approximate surface area is 186 Å². The van der Waals surface area contributed by atoms with Crippen molar-refractivity contribution in [1.29, 1.82) is 0 Å². The number of hydrogen-bond acceptors (Lipinski definition) is 3. The smallest absolute Gasteiger partial charge is 0.209 e. The summed E-state index contributed by atoms with van der Waals surface area (Å²) in [5.74, 6) is 0.831. The molecule has 1 spiro atoms. The quantitative estimate of drug-likeness (QED) is 0.355. The van der Waals surface area contributed by atoms with Crippen LogP contribution in [-0.4, -0.2) is 45.8 Å². The minimum Gasteiger partial charge on any atom is -0.356 e. The molecule has 1 fully saturated rings. The fraction of sp³-hybridized carbons (Fsp3) is 0.650. The van der Waals surface area contributed by atoms with Crippen molar-refractivity contribution in [3.8, 4) is 0 Å². The third-order valence-corrected chi connectivity index (χ3v) is 6.39. The molecule has 1 heterocycles. The molecule has 158 valence electrons. The predicted molar refractivity (Wildman–Crippen MR) is 127 cm³/mol.